The fourth-order valence-electron chi connectivity index (χ4n) is 2.10. The summed E-state index contributed by atoms with van der Waals surface area (Å²) in [7, 11) is -3.18. The molecule has 0 aromatic carbocycles. The highest BCUT2D eigenvalue weighted by molar-refractivity contribution is 7.99. The zero-order valence-corrected chi connectivity index (χ0v) is 14.0. The van der Waals surface area contributed by atoms with Crippen LogP contribution in [-0.2, 0) is 34.5 Å². The molecule has 1 N–H and O–H groups in total. The molecule has 1 aliphatic heterocycles. The van der Waals surface area contributed by atoms with Gasteiger partial charge in [0.25, 0.3) is 0 Å². The van der Waals surface area contributed by atoms with Gasteiger partial charge in [-0.25, -0.2) is 8.42 Å². The van der Waals surface area contributed by atoms with Crippen LogP contribution in [0.3, 0.4) is 0 Å². The molecule has 0 radical (unpaired) electrons. The van der Waals surface area contributed by atoms with Gasteiger partial charge in [-0.2, -0.15) is 21.2 Å². The molecular formula is C12H20N4O3S2. The Balaban J connectivity index is 2.00. The van der Waals surface area contributed by atoms with Gasteiger partial charge in [0.2, 0.25) is 15.9 Å². The highest BCUT2D eigenvalue weighted by Crippen LogP contribution is 2.16. The Labute approximate surface area is 129 Å². The Morgan fingerprint density at radius 2 is 2.24 bits per heavy atom. The third-order valence-corrected chi connectivity index (χ3v) is 5.62. The molecule has 0 aliphatic carbocycles. The van der Waals surface area contributed by atoms with Gasteiger partial charge in [-0.1, -0.05) is 0 Å². The molecule has 1 aromatic rings. The van der Waals surface area contributed by atoms with Crippen molar-refractivity contribution in [3.8, 4) is 0 Å². The number of amides is 1. The number of nitrogens with one attached hydrogen (secondary N) is 1. The molecule has 1 amide bonds. The van der Waals surface area contributed by atoms with Gasteiger partial charge >= 0.3 is 0 Å². The predicted molar refractivity (Wildman–Crippen MR) is 82.3 cm³/mol. The number of aromatic nitrogens is 2. The third-order valence-electron chi connectivity index (χ3n) is 3.45. The van der Waals surface area contributed by atoms with Crippen LogP contribution < -0.4 is 5.32 Å². The fourth-order valence-corrected chi connectivity index (χ4v) is 3.18. The number of carbonyl (C=O) groups excluding carboxylic acids is 1. The van der Waals surface area contributed by atoms with Crippen molar-refractivity contribution in [2.75, 3.05) is 19.1 Å². The maximum atomic E-state index is 11.7. The summed E-state index contributed by atoms with van der Waals surface area (Å²) in [5, 5.41) is 7.14. The number of rotatable bonds is 5. The summed E-state index contributed by atoms with van der Waals surface area (Å²) in [4.78, 5) is 11.7. The van der Waals surface area contributed by atoms with Crippen LogP contribution in [0.4, 0.5) is 0 Å². The Hall–Kier alpha value is -1.06. The van der Waals surface area contributed by atoms with Crippen LogP contribution >= 0.6 is 11.8 Å². The van der Waals surface area contributed by atoms with Crippen molar-refractivity contribution in [3.05, 3.63) is 17.5 Å². The van der Waals surface area contributed by atoms with Gasteiger partial charge < -0.3 is 5.32 Å². The Kier molecular flexibility index (Phi) is 4.95. The molecule has 0 unspecified atom stereocenters. The lowest BCUT2D eigenvalue weighted by atomic mass is 10.3. The van der Waals surface area contributed by atoms with Crippen LogP contribution in [0.1, 0.15) is 18.3 Å². The van der Waals surface area contributed by atoms with Crippen molar-refractivity contribution in [3.63, 3.8) is 0 Å². The van der Waals surface area contributed by atoms with E-state index in [9.17, 15) is 13.2 Å². The molecular weight excluding hydrogens is 312 g/mol. The average Bonchev–Trinajstić information content (AvgIpc) is 2.84. The standard InChI is InChI=1S/C12H20N4O3S2/c1-9(20-2)12(17)13-7-10-6-11-8-15(21(3,18)19)4-5-16(11)14-10/h6,9H,4-5,7-8H2,1-3H3,(H,13,17)/t9-/m0/s1. The normalized spacial score (nSPS) is 17.3. The molecule has 7 nitrogen and oxygen atoms in total. The molecule has 0 bridgehead atoms. The molecule has 0 saturated heterocycles. The zero-order chi connectivity index (χ0) is 15.6. The minimum absolute atomic E-state index is 0.0220. The zero-order valence-electron chi connectivity index (χ0n) is 12.4. The average molecular weight is 332 g/mol. The van der Waals surface area contributed by atoms with E-state index in [4.69, 9.17) is 0 Å². The molecule has 0 spiro atoms. The molecule has 0 fully saturated rings. The topological polar surface area (TPSA) is 84.3 Å². The first-order valence-corrected chi connectivity index (χ1v) is 9.76. The van der Waals surface area contributed by atoms with E-state index in [0.29, 0.717) is 26.2 Å². The molecule has 21 heavy (non-hydrogen) atoms. The molecule has 2 heterocycles. The van der Waals surface area contributed by atoms with Gasteiger partial charge in [0.05, 0.1) is 42.5 Å². The van der Waals surface area contributed by atoms with Gasteiger partial charge in [0, 0.05) is 6.54 Å². The Morgan fingerprint density at radius 3 is 2.86 bits per heavy atom. The fraction of sp³-hybridized carbons (Fsp3) is 0.667. The maximum absolute atomic E-state index is 11.7. The van der Waals surface area contributed by atoms with E-state index >= 15 is 0 Å². The first kappa shape index (κ1) is 16.3. The first-order valence-electron chi connectivity index (χ1n) is 6.62. The van der Waals surface area contributed by atoms with E-state index in [1.54, 1.807) is 4.68 Å². The largest absolute Gasteiger partial charge is 0.349 e. The summed E-state index contributed by atoms with van der Waals surface area (Å²) in [6, 6.07) is 1.85. The Morgan fingerprint density at radius 1 is 1.52 bits per heavy atom. The lowest BCUT2D eigenvalue weighted by molar-refractivity contribution is -0.120. The van der Waals surface area contributed by atoms with Gasteiger partial charge in [-0.15, -0.1) is 0 Å². The number of hydrogen-bond donors (Lipinski definition) is 1. The van der Waals surface area contributed by atoms with E-state index in [2.05, 4.69) is 10.4 Å². The highest BCUT2D eigenvalue weighted by atomic mass is 32.2. The minimum atomic E-state index is -3.18. The maximum Gasteiger partial charge on any atom is 0.233 e. The molecule has 0 saturated carbocycles. The molecule has 1 aromatic heterocycles. The Bertz CT molecular complexity index is 626. The number of fused-ring (bicyclic) bond motifs is 1. The second-order valence-corrected chi connectivity index (χ2v) is 8.20. The molecule has 9 heteroatoms. The summed E-state index contributed by atoms with van der Waals surface area (Å²) in [5.41, 5.74) is 1.61. The van der Waals surface area contributed by atoms with Crippen molar-refractivity contribution in [1.29, 1.82) is 0 Å². The molecule has 1 aliphatic rings. The lowest BCUT2D eigenvalue weighted by Gasteiger charge is -2.25. The quantitative estimate of drug-likeness (QED) is 0.822. The summed E-state index contributed by atoms with van der Waals surface area (Å²) < 4.78 is 26.4. The summed E-state index contributed by atoms with van der Waals surface area (Å²) in [5.74, 6) is -0.0220. The van der Waals surface area contributed by atoms with Crippen LogP contribution in [0.2, 0.25) is 0 Å². The lowest BCUT2D eigenvalue weighted by Crippen LogP contribution is -2.37. The summed E-state index contributed by atoms with van der Waals surface area (Å²) in [6.45, 7) is 3.52. The summed E-state index contributed by atoms with van der Waals surface area (Å²) in [6.07, 6.45) is 3.10. The van der Waals surface area contributed by atoms with E-state index < -0.39 is 10.0 Å². The van der Waals surface area contributed by atoms with Crippen LogP contribution in [0.25, 0.3) is 0 Å². The van der Waals surface area contributed by atoms with Crippen LogP contribution in [-0.4, -0.2) is 52.7 Å². The number of hydrogen-bond acceptors (Lipinski definition) is 5. The highest BCUT2D eigenvalue weighted by Gasteiger charge is 2.24. The number of nitrogens with zero attached hydrogens (tertiary/aromatic N) is 3. The van der Waals surface area contributed by atoms with E-state index in [1.165, 1.54) is 22.3 Å². The van der Waals surface area contributed by atoms with Gasteiger partial charge in [0.1, 0.15) is 0 Å². The molecule has 2 rings (SSSR count). The predicted octanol–water partition coefficient (Wildman–Crippen LogP) is 0.0260. The molecule has 1 atom stereocenters. The van der Waals surface area contributed by atoms with E-state index in [-0.39, 0.29) is 11.2 Å². The van der Waals surface area contributed by atoms with Crippen molar-refractivity contribution in [1.82, 2.24) is 19.4 Å². The van der Waals surface area contributed by atoms with Gasteiger partial charge in [-0.3, -0.25) is 9.48 Å². The van der Waals surface area contributed by atoms with Gasteiger partial charge in [-0.05, 0) is 19.2 Å². The monoisotopic (exact) mass is 332 g/mol. The summed E-state index contributed by atoms with van der Waals surface area (Å²) >= 11 is 1.49. The second-order valence-electron chi connectivity index (χ2n) is 5.04. The van der Waals surface area contributed by atoms with E-state index in [0.717, 1.165) is 11.4 Å². The van der Waals surface area contributed by atoms with Crippen molar-refractivity contribution >= 4 is 27.7 Å². The van der Waals surface area contributed by atoms with Crippen LogP contribution in [0, 0.1) is 0 Å². The van der Waals surface area contributed by atoms with Gasteiger partial charge in [0.15, 0.2) is 0 Å². The van der Waals surface area contributed by atoms with Crippen molar-refractivity contribution in [2.24, 2.45) is 0 Å². The molecule has 118 valence electrons. The van der Waals surface area contributed by atoms with Crippen LogP contribution in [0.15, 0.2) is 6.07 Å². The van der Waals surface area contributed by atoms with Crippen LogP contribution in [0.5, 0.6) is 0 Å². The second kappa shape index (κ2) is 6.37. The van der Waals surface area contributed by atoms with Crippen molar-refractivity contribution < 1.29 is 13.2 Å². The number of sulfonamides is 1. The van der Waals surface area contributed by atoms with Crippen molar-refractivity contribution in [2.45, 2.75) is 31.8 Å². The third kappa shape index (κ3) is 3.98. The SMILES string of the molecule is CS[C@@H](C)C(=O)NCc1cc2n(n1)CCN(S(C)(=O)=O)C2. The smallest absolute Gasteiger partial charge is 0.233 e. The minimum Gasteiger partial charge on any atom is -0.349 e. The number of thioether (sulfide) groups is 1. The van der Waals surface area contributed by atoms with E-state index in [1.807, 2.05) is 19.2 Å². The first-order chi connectivity index (χ1) is 9.81. The number of carbonyl (C=O) groups is 1.